The van der Waals surface area contributed by atoms with E-state index in [-0.39, 0.29) is 31.4 Å². The molecule has 1 atom stereocenters. The Hall–Kier alpha value is -0.780. The normalized spacial score (nSPS) is 12.2. The van der Waals surface area contributed by atoms with Gasteiger partial charge in [0, 0.05) is 4.90 Å². The molecule has 0 aromatic heterocycles. The lowest BCUT2D eigenvalue weighted by Gasteiger charge is -2.12. The fourth-order valence-corrected chi connectivity index (χ4v) is 4.51. The first-order valence-corrected chi connectivity index (χ1v) is 8.53. The average Bonchev–Trinajstić information content (AvgIpc) is 2.45. The van der Waals surface area contributed by atoms with E-state index in [2.05, 4.69) is 0 Å². The topological polar surface area (TPSA) is 54.4 Å². The molecule has 2 rings (SSSR count). The minimum absolute atomic E-state index is 0.0273. The third-order valence-electron chi connectivity index (χ3n) is 2.77. The summed E-state index contributed by atoms with van der Waals surface area (Å²) < 4.78 is 12.8. The largest absolute Gasteiger partial charge is 0.481 e. The molecule has 0 heterocycles. The second kappa shape index (κ2) is 7.20. The molecule has 0 saturated carbocycles. The summed E-state index contributed by atoms with van der Waals surface area (Å²) in [6.45, 7) is 0. The van der Waals surface area contributed by atoms with Crippen LogP contribution in [0.25, 0.3) is 0 Å². The van der Waals surface area contributed by atoms with Crippen molar-refractivity contribution in [2.45, 2.75) is 16.2 Å². The van der Waals surface area contributed by atoms with Gasteiger partial charge >= 0.3 is 5.97 Å². The molecule has 8 heteroatoms. The van der Waals surface area contributed by atoms with Crippen LogP contribution in [0.3, 0.4) is 0 Å². The number of hydrogen-bond donors (Lipinski definition) is 1. The lowest BCUT2D eigenvalue weighted by Crippen LogP contribution is -2.06. The molecule has 22 heavy (non-hydrogen) atoms. The zero-order chi connectivity index (χ0) is 16.4. The average molecular weight is 398 g/mol. The van der Waals surface area contributed by atoms with Crippen molar-refractivity contribution in [2.75, 3.05) is 0 Å². The number of carboxylic acids is 1. The molecule has 0 aliphatic carbocycles. The summed E-state index contributed by atoms with van der Waals surface area (Å²) in [4.78, 5) is 11.3. The molecule has 0 radical (unpaired) electrons. The molecule has 0 aliphatic heterocycles. The predicted molar refractivity (Wildman–Crippen MR) is 88.9 cm³/mol. The van der Waals surface area contributed by atoms with Gasteiger partial charge in [0.05, 0.1) is 42.2 Å². The van der Waals surface area contributed by atoms with Crippen LogP contribution in [0.5, 0.6) is 0 Å². The minimum Gasteiger partial charge on any atom is -0.481 e. The molecular formula is C14H8Cl4O3S. The van der Waals surface area contributed by atoms with Gasteiger partial charge in [-0.25, -0.2) is 4.21 Å². The highest BCUT2D eigenvalue weighted by atomic mass is 35.5. The standard InChI is InChI=1S/C14H8Cl4O3S/c15-8-6-9(16)13(18)14(12(8)17)22(21)10-4-2-1-3-7(10)5-11(19)20/h1-4,6H,5H2,(H,19,20)/t22-/m0/s1. The zero-order valence-electron chi connectivity index (χ0n) is 10.8. The maximum Gasteiger partial charge on any atom is 0.307 e. The Kier molecular flexibility index (Phi) is 5.75. The van der Waals surface area contributed by atoms with E-state index in [1.165, 1.54) is 6.07 Å². The number of aliphatic carboxylic acids is 1. The lowest BCUT2D eigenvalue weighted by molar-refractivity contribution is -0.136. The highest BCUT2D eigenvalue weighted by Crippen LogP contribution is 2.41. The fraction of sp³-hybridized carbons (Fsp3) is 0.0714. The maximum atomic E-state index is 12.8. The Morgan fingerprint density at radius 1 is 1.05 bits per heavy atom. The van der Waals surface area contributed by atoms with Crippen LogP contribution in [-0.2, 0) is 22.0 Å². The molecule has 0 fully saturated rings. The summed E-state index contributed by atoms with van der Waals surface area (Å²) in [6.07, 6.45) is -0.272. The second-order valence-corrected chi connectivity index (χ2v) is 7.20. The van der Waals surface area contributed by atoms with Crippen molar-refractivity contribution in [2.24, 2.45) is 0 Å². The summed E-state index contributed by atoms with van der Waals surface area (Å²) in [6, 6.07) is 7.79. The maximum absolute atomic E-state index is 12.8. The molecule has 0 amide bonds. The van der Waals surface area contributed by atoms with Gasteiger partial charge in [0.1, 0.15) is 0 Å². The molecule has 2 aromatic rings. The van der Waals surface area contributed by atoms with E-state index in [9.17, 15) is 9.00 Å². The van der Waals surface area contributed by atoms with E-state index >= 15 is 0 Å². The third-order valence-corrected chi connectivity index (χ3v) is 6.15. The minimum atomic E-state index is -1.81. The van der Waals surface area contributed by atoms with Gasteiger partial charge in [0.15, 0.2) is 0 Å². The molecule has 0 aliphatic rings. The van der Waals surface area contributed by atoms with E-state index in [0.29, 0.717) is 10.5 Å². The SMILES string of the molecule is O=C(O)Cc1ccccc1[S@](=O)c1c(Cl)c(Cl)cc(Cl)c1Cl. The summed E-state index contributed by atoms with van der Waals surface area (Å²) >= 11 is 24.1. The number of carbonyl (C=O) groups is 1. The Labute approximate surface area is 149 Å². The van der Waals surface area contributed by atoms with Gasteiger partial charge in [-0.3, -0.25) is 4.79 Å². The number of hydrogen-bond acceptors (Lipinski definition) is 2. The number of carboxylic acid groups (broad SMARTS) is 1. The van der Waals surface area contributed by atoms with Crippen molar-refractivity contribution >= 4 is 63.2 Å². The first kappa shape index (κ1) is 17.6. The Morgan fingerprint density at radius 3 is 2.14 bits per heavy atom. The molecule has 0 unspecified atom stereocenters. The van der Waals surface area contributed by atoms with Crippen LogP contribution >= 0.6 is 46.4 Å². The predicted octanol–water partition coefficient (Wildman–Crippen LogP) is 5.09. The lowest BCUT2D eigenvalue weighted by atomic mass is 10.1. The second-order valence-electron chi connectivity index (χ2n) is 4.24. The molecule has 0 bridgehead atoms. The zero-order valence-corrected chi connectivity index (χ0v) is 14.6. The van der Waals surface area contributed by atoms with Crippen LogP contribution in [0.2, 0.25) is 20.1 Å². The number of halogens is 4. The van der Waals surface area contributed by atoms with Crippen molar-refractivity contribution in [1.29, 1.82) is 0 Å². The monoisotopic (exact) mass is 396 g/mol. The molecule has 1 N–H and O–H groups in total. The number of rotatable bonds is 4. The van der Waals surface area contributed by atoms with Crippen LogP contribution in [0.15, 0.2) is 40.1 Å². The van der Waals surface area contributed by atoms with Crippen LogP contribution in [-0.4, -0.2) is 15.3 Å². The molecule has 0 spiro atoms. The van der Waals surface area contributed by atoms with Crippen LogP contribution < -0.4 is 0 Å². The van der Waals surface area contributed by atoms with E-state index in [0.717, 1.165) is 0 Å². The summed E-state index contributed by atoms with van der Waals surface area (Å²) in [5.41, 5.74) is 0.400. The van der Waals surface area contributed by atoms with Crippen molar-refractivity contribution in [1.82, 2.24) is 0 Å². The smallest absolute Gasteiger partial charge is 0.307 e. The van der Waals surface area contributed by atoms with Gasteiger partial charge in [0.2, 0.25) is 0 Å². The molecule has 0 saturated heterocycles. The Balaban J connectivity index is 2.62. The highest BCUT2D eigenvalue weighted by Gasteiger charge is 2.22. The highest BCUT2D eigenvalue weighted by molar-refractivity contribution is 7.85. The first-order valence-electron chi connectivity index (χ1n) is 5.87. The molecular weight excluding hydrogens is 390 g/mol. The van der Waals surface area contributed by atoms with E-state index < -0.39 is 16.8 Å². The van der Waals surface area contributed by atoms with E-state index in [1.807, 2.05) is 0 Å². The molecule has 2 aromatic carbocycles. The molecule has 3 nitrogen and oxygen atoms in total. The molecule has 116 valence electrons. The van der Waals surface area contributed by atoms with Crippen LogP contribution in [0.4, 0.5) is 0 Å². The van der Waals surface area contributed by atoms with Gasteiger partial charge in [0.25, 0.3) is 0 Å². The van der Waals surface area contributed by atoms with Crippen molar-refractivity contribution in [3.05, 3.63) is 56.0 Å². The number of benzene rings is 2. The van der Waals surface area contributed by atoms with Crippen molar-refractivity contribution in [3.8, 4) is 0 Å². The Morgan fingerprint density at radius 2 is 1.59 bits per heavy atom. The summed E-state index contributed by atoms with van der Waals surface area (Å²) in [5, 5.41) is 9.24. The van der Waals surface area contributed by atoms with Crippen molar-refractivity contribution in [3.63, 3.8) is 0 Å². The van der Waals surface area contributed by atoms with Gasteiger partial charge in [-0.15, -0.1) is 0 Å². The van der Waals surface area contributed by atoms with Crippen molar-refractivity contribution < 1.29 is 14.1 Å². The summed E-state index contributed by atoms with van der Waals surface area (Å²) in [7, 11) is -1.81. The van der Waals surface area contributed by atoms with Crippen LogP contribution in [0, 0.1) is 0 Å². The van der Waals surface area contributed by atoms with E-state index in [1.54, 1.807) is 24.3 Å². The summed E-state index contributed by atoms with van der Waals surface area (Å²) in [5.74, 6) is -1.04. The van der Waals surface area contributed by atoms with E-state index in [4.69, 9.17) is 51.5 Å². The fourth-order valence-electron chi connectivity index (χ4n) is 1.82. The Bertz CT molecular complexity index is 751. The van der Waals surface area contributed by atoms with Gasteiger partial charge in [-0.05, 0) is 17.7 Å². The quantitative estimate of drug-likeness (QED) is 0.730. The van der Waals surface area contributed by atoms with Crippen LogP contribution in [0.1, 0.15) is 5.56 Å². The third kappa shape index (κ3) is 3.58. The van der Waals surface area contributed by atoms with Gasteiger partial charge < -0.3 is 5.11 Å². The van der Waals surface area contributed by atoms with Gasteiger partial charge in [-0.2, -0.15) is 0 Å². The first-order chi connectivity index (χ1) is 10.3. The van der Waals surface area contributed by atoms with Gasteiger partial charge in [-0.1, -0.05) is 64.6 Å².